The third-order valence-corrected chi connectivity index (χ3v) is 5.79. The molecule has 0 bridgehead atoms. The Morgan fingerprint density at radius 2 is 1.53 bits per heavy atom. The topological polar surface area (TPSA) is 48.0 Å². The van der Waals surface area contributed by atoms with Gasteiger partial charge in [-0.2, -0.15) is 0 Å². The smallest absolute Gasteiger partial charge is 0.242 e. The van der Waals surface area contributed by atoms with E-state index in [2.05, 4.69) is 20.8 Å². The number of alkyl halides is 1. The second kappa shape index (κ2) is 11.3. The van der Waals surface area contributed by atoms with Crippen molar-refractivity contribution in [2.75, 3.05) is 25.0 Å². The first-order valence-electron chi connectivity index (χ1n) is 11.1. The second-order valence-electron chi connectivity index (χ2n) is 9.01. The molecule has 0 spiro atoms. The fraction of sp³-hybridized carbons (Fsp3) is 0.321. The maximum Gasteiger partial charge on any atom is 0.242 e. The van der Waals surface area contributed by atoms with E-state index >= 15 is 0 Å². The molecule has 1 amide bonds. The maximum absolute atomic E-state index is 12.9. The van der Waals surface area contributed by atoms with Crippen LogP contribution in [0.5, 0.6) is 17.2 Å². The highest BCUT2D eigenvalue weighted by molar-refractivity contribution is 6.29. The highest BCUT2D eigenvalue weighted by Gasteiger charge is 2.23. The number of methoxy groups -OCH3 is 2. The van der Waals surface area contributed by atoms with Crippen molar-refractivity contribution >= 4 is 23.2 Å². The Hall–Kier alpha value is -3.18. The molecule has 0 unspecified atom stereocenters. The molecule has 0 N–H and O–H groups in total. The Morgan fingerprint density at radius 1 is 0.853 bits per heavy atom. The van der Waals surface area contributed by atoms with Gasteiger partial charge in [0.1, 0.15) is 18.2 Å². The number of anilines is 1. The van der Waals surface area contributed by atoms with Gasteiger partial charge in [-0.25, -0.2) is 0 Å². The van der Waals surface area contributed by atoms with Gasteiger partial charge in [0.15, 0.2) is 11.5 Å². The first-order valence-corrected chi connectivity index (χ1v) is 11.7. The van der Waals surface area contributed by atoms with Crippen LogP contribution >= 0.6 is 11.6 Å². The summed E-state index contributed by atoms with van der Waals surface area (Å²) in [6.07, 6.45) is 0. The van der Waals surface area contributed by atoms with Crippen molar-refractivity contribution in [3.63, 3.8) is 0 Å². The van der Waals surface area contributed by atoms with E-state index in [1.165, 1.54) is 0 Å². The van der Waals surface area contributed by atoms with E-state index < -0.39 is 0 Å². The molecule has 0 aromatic heterocycles. The summed E-state index contributed by atoms with van der Waals surface area (Å²) < 4.78 is 17.1. The minimum absolute atomic E-state index is 0.0857. The zero-order valence-electron chi connectivity index (χ0n) is 20.4. The third kappa shape index (κ3) is 6.23. The quantitative estimate of drug-likeness (QED) is 0.334. The van der Waals surface area contributed by atoms with Gasteiger partial charge in [-0.15, -0.1) is 11.6 Å². The molecule has 0 saturated heterocycles. The van der Waals surface area contributed by atoms with E-state index in [9.17, 15) is 4.79 Å². The van der Waals surface area contributed by atoms with E-state index in [4.69, 9.17) is 25.8 Å². The fourth-order valence-electron chi connectivity index (χ4n) is 3.59. The van der Waals surface area contributed by atoms with Crippen molar-refractivity contribution in [2.24, 2.45) is 0 Å². The summed E-state index contributed by atoms with van der Waals surface area (Å²) in [6.45, 7) is 7.14. The summed E-state index contributed by atoms with van der Waals surface area (Å²) in [5.74, 6) is 1.49. The molecule has 5 nitrogen and oxygen atoms in total. The number of carbonyl (C=O) groups excluding carboxylic acids is 1. The molecule has 3 aromatic carbocycles. The van der Waals surface area contributed by atoms with Crippen LogP contribution in [0.4, 0.5) is 5.69 Å². The van der Waals surface area contributed by atoms with Crippen molar-refractivity contribution in [1.82, 2.24) is 0 Å². The number of benzene rings is 3. The second-order valence-corrected chi connectivity index (χ2v) is 9.28. The van der Waals surface area contributed by atoms with Gasteiger partial charge in [0.25, 0.3) is 0 Å². The van der Waals surface area contributed by atoms with E-state index in [1.807, 2.05) is 66.7 Å². The van der Waals surface area contributed by atoms with Gasteiger partial charge >= 0.3 is 0 Å². The van der Waals surface area contributed by atoms with E-state index in [0.717, 1.165) is 16.7 Å². The molecule has 0 fully saturated rings. The number of nitrogens with zero attached hydrogens (tertiary/aromatic N) is 1. The molecule has 0 atom stereocenters. The highest BCUT2D eigenvalue weighted by atomic mass is 35.5. The van der Waals surface area contributed by atoms with Gasteiger partial charge in [-0.3, -0.25) is 4.79 Å². The Balaban J connectivity index is 1.90. The lowest BCUT2D eigenvalue weighted by Crippen LogP contribution is -2.32. The van der Waals surface area contributed by atoms with E-state index in [-0.39, 0.29) is 17.2 Å². The lowest BCUT2D eigenvalue weighted by molar-refractivity contribution is -0.116. The van der Waals surface area contributed by atoms with Crippen LogP contribution in [0, 0.1) is 0 Å². The summed E-state index contributed by atoms with van der Waals surface area (Å²) >= 11 is 5.99. The minimum Gasteiger partial charge on any atom is -0.495 e. The monoisotopic (exact) mass is 481 g/mol. The molecule has 0 aliphatic rings. The first kappa shape index (κ1) is 25.4. The Kier molecular flexibility index (Phi) is 8.46. The van der Waals surface area contributed by atoms with Crippen LogP contribution in [-0.4, -0.2) is 26.0 Å². The zero-order chi connectivity index (χ0) is 24.7. The predicted octanol–water partition coefficient (Wildman–Crippen LogP) is 6.35. The molecule has 3 rings (SSSR count). The third-order valence-electron chi connectivity index (χ3n) is 5.56. The van der Waals surface area contributed by atoms with Gasteiger partial charge in [0, 0.05) is 0 Å². The molecule has 0 aliphatic heterocycles. The van der Waals surface area contributed by atoms with E-state index in [0.29, 0.717) is 36.1 Å². The Bertz CT molecular complexity index is 1110. The van der Waals surface area contributed by atoms with Gasteiger partial charge in [0.05, 0.1) is 26.5 Å². The molecule has 0 aliphatic carbocycles. The summed E-state index contributed by atoms with van der Waals surface area (Å²) in [7, 11) is 3.20. The SMILES string of the molecule is COc1cc(CN(C(=O)CCl)c2cc(C(C)(C)C)ccc2OC)ccc1OCc1ccccc1. The molecule has 0 heterocycles. The lowest BCUT2D eigenvalue weighted by atomic mass is 9.86. The molecule has 180 valence electrons. The number of amides is 1. The number of hydrogen-bond donors (Lipinski definition) is 0. The Morgan fingerprint density at radius 3 is 2.15 bits per heavy atom. The number of ether oxygens (including phenoxy) is 3. The average Bonchev–Trinajstić information content (AvgIpc) is 2.85. The maximum atomic E-state index is 12.9. The molecule has 0 saturated carbocycles. The average molecular weight is 482 g/mol. The van der Waals surface area contributed by atoms with Gasteiger partial charge < -0.3 is 19.1 Å². The molecule has 6 heteroatoms. The van der Waals surface area contributed by atoms with Crippen LogP contribution in [0.1, 0.15) is 37.5 Å². The standard InChI is InChI=1S/C28H32ClNO4/c1-28(2,3)22-12-14-24(32-4)23(16-22)30(27(31)17-29)18-21-11-13-25(26(15-21)33-5)34-19-20-9-7-6-8-10-20/h6-16H,17-19H2,1-5H3. The summed E-state index contributed by atoms with van der Waals surface area (Å²) in [6, 6.07) is 21.5. The van der Waals surface area contributed by atoms with Crippen molar-refractivity contribution in [3.8, 4) is 17.2 Å². The molecular formula is C28H32ClNO4. The van der Waals surface area contributed by atoms with Gasteiger partial charge in [0.2, 0.25) is 5.91 Å². The zero-order valence-corrected chi connectivity index (χ0v) is 21.2. The summed E-state index contributed by atoms with van der Waals surface area (Å²) in [4.78, 5) is 14.6. The van der Waals surface area contributed by atoms with Crippen molar-refractivity contribution in [1.29, 1.82) is 0 Å². The molecule has 0 radical (unpaired) electrons. The highest BCUT2D eigenvalue weighted by Crippen LogP contribution is 2.36. The number of carbonyl (C=O) groups is 1. The lowest BCUT2D eigenvalue weighted by Gasteiger charge is -2.27. The van der Waals surface area contributed by atoms with Crippen LogP contribution in [0.3, 0.4) is 0 Å². The number of halogens is 1. The minimum atomic E-state index is -0.214. The summed E-state index contributed by atoms with van der Waals surface area (Å²) in [5.41, 5.74) is 3.64. The van der Waals surface area contributed by atoms with Crippen LogP contribution in [0.2, 0.25) is 0 Å². The van der Waals surface area contributed by atoms with Gasteiger partial charge in [-0.1, -0.05) is 63.2 Å². The van der Waals surface area contributed by atoms with Gasteiger partial charge in [-0.05, 0) is 46.4 Å². The van der Waals surface area contributed by atoms with Crippen molar-refractivity contribution < 1.29 is 19.0 Å². The van der Waals surface area contributed by atoms with Crippen molar-refractivity contribution in [3.05, 3.63) is 83.4 Å². The Labute approximate surface area is 207 Å². The number of hydrogen-bond acceptors (Lipinski definition) is 4. The molecule has 3 aromatic rings. The number of rotatable bonds is 9. The molecular weight excluding hydrogens is 450 g/mol. The van der Waals surface area contributed by atoms with Crippen LogP contribution in [0.15, 0.2) is 66.7 Å². The van der Waals surface area contributed by atoms with E-state index in [1.54, 1.807) is 19.1 Å². The summed E-state index contributed by atoms with van der Waals surface area (Å²) in [5, 5.41) is 0. The predicted molar refractivity (Wildman–Crippen MR) is 137 cm³/mol. The van der Waals surface area contributed by atoms with Crippen LogP contribution < -0.4 is 19.1 Å². The fourth-order valence-corrected chi connectivity index (χ4v) is 3.74. The normalized spacial score (nSPS) is 11.1. The van der Waals surface area contributed by atoms with Crippen LogP contribution in [-0.2, 0) is 23.4 Å². The first-order chi connectivity index (χ1) is 16.3. The van der Waals surface area contributed by atoms with Crippen LogP contribution in [0.25, 0.3) is 0 Å². The van der Waals surface area contributed by atoms with Crippen molar-refractivity contribution in [2.45, 2.75) is 39.3 Å². The molecule has 34 heavy (non-hydrogen) atoms. The largest absolute Gasteiger partial charge is 0.495 e.